The summed E-state index contributed by atoms with van der Waals surface area (Å²) in [5.74, 6) is -0.960. The Morgan fingerprint density at radius 2 is 1.76 bits per heavy atom. The zero-order chi connectivity index (χ0) is 16.2. The Hall–Kier alpha value is -2.84. The maximum Gasteiger partial charge on any atom is 0.311 e. The van der Waals surface area contributed by atoms with E-state index in [1.807, 2.05) is 6.08 Å². The van der Waals surface area contributed by atoms with E-state index < -0.39 is 27.0 Å². The van der Waals surface area contributed by atoms with E-state index in [-0.39, 0.29) is 11.5 Å². The topological polar surface area (TPSA) is 107 Å². The van der Waals surface area contributed by atoms with E-state index in [1.54, 1.807) is 18.0 Å². The number of nitrogens with zero attached hydrogens (tertiary/aromatic N) is 3. The van der Waals surface area contributed by atoms with Crippen LogP contribution in [0.1, 0.15) is 5.56 Å². The minimum Gasteiger partial charge on any atom is -0.338 e. The van der Waals surface area contributed by atoms with Crippen LogP contribution in [-0.2, 0) is 4.79 Å². The first-order valence-corrected chi connectivity index (χ1v) is 5.74. The van der Waals surface area contributed by atoms with Gasteiger partial charge in [-0.05, 0) is 13.0 Å². The molecule has 0 bridgehead atoms. The van der Waals surface area contributed by atoms with Gasteiger partial charge in [-0.25, -0.2) is 0 Å². The minimum absolute atomic E-state index is 0.0538. The van der Waals surface area contributed by atoms with Crippen LogP contribution in [0.2, 0.25) is 0 Å². The lowest BCUT2D eigenvalue weighted by molar-refractivity contribution is -0.396. The molecule has 0 N–H and O–H groups in total. The summed E-state index contributed by atoms with van der Waals surface area (Å²) in [5.41, 5.74) is -1.29. The van der Waals surface area contributed by atoms with Crippen LogP contribution in [0.4, 0.5) is 15.8 Å². The lowest BCUT2D eigenvalue weighted by atomic mass is 10.2. The maximum atomic E-state index is 12.9. The SMILES string of the molecule is CN1CC=CC1=O.Cc1cc(F)c([N+](=O)[O-])cc1[N+](=O)[O-]. The largest absolute Gasteiger partial charge is 0.338 e. The van der Waals surface area contributed by atoms with Gasteiger partial charge in [-0.1, -0.05) is 6.08 Å². The Labute approximate surface area is 118 Å². The average Bonchev–Trinajstić information content (AvgIpc) is 2.73. The zero-order valence-electron chi connectivity index (χ0n) is 11.3. The minimum atomic E-state index is -1.07. The number of benzene rings is 1. The highest BCUT2D eigenvalue weighted by Crippen LogP contribution is 2.26. The van der Waals surface area contributed by atoms with E-state index in [4.69, 9.17) is 0 Å². The Bertz CT molecular complexity index is 594. The van der Waals surface area contributed by atoms with Gasteiger partial charge < -0.3 is 4.90 Å². The molecule has 2 rings (SSSR count). The van der Waals surface area contributed by atoms with Crippen molar-refractivity contribution in [2.75, 3.05) is 13.6 Å². The van der Waals surface area contributed by atoms with Crippen molar-refractivity contribution in [3.63, 3.8) is 0 Å². The van der Waals surface area contributed by atoms with Crippen molar-refractivity contribution < 1.29 is 19.0 Å². The molecular weight excluding hydrogens is 285 g/mol. The summed E-state index contributed by atoms with van der Waals surface area (Å²) in [4.78, 5) is 30.9. The molecule has 0 aliphatic carbocycles. The molecule has 0 aromatic heterocycles. The van der Waals surface area contributed by atoms with Crippen molar-refractivity contribution >= 4 is 17.3 Å². The first-order chi connectivity index (χ1) is 9.73. The van der Waals surface area contributed by atoms with Gasteiger partial charge in [-0.2, -0.15) is 4.39 Å². The molecule has 21 heavy (non-hydrogen) atoms. The summed E-state index contributed by atoms with van der Waals surface area (Å²) in [6.07, 6.45) is 3.43. The van der Waals surface area contributed by atoms with Gasteiger partial charge in [-0.15, -0.1) is 0 Å². The van der Waals surface area contributed by atoms with Gasteiger partial charge in [0.2, 0.25) is 11.7 Å². The van der Waals surface area contributed by atoms with E-state index in [0.29, 0.717) is 6.07 Å². The smallest absolute Gasteiger partial charge is 0.311 e. The third-order valence-electron chi connectivity index (χ3n) is 2.67. The number of nitro groups is 2. The predicted molar refractivity (Wildman–Crippen MR) is 71.2 cm³/mol. The van der Waals surface area contributed by atoms with Crippen LogP contribution in [0.5, 0.6) is 0 Å². The van der Waals surface area contributed by atoms with E-state index in [1.165, 1.54) is 6.92 Å². The Morgan fingerprint density at radius 1 is 1.19 bits per heavy atom. The number of hydrogen-bond acceptors (Lipinski definition) is 5. The molecule has 9 heteroatoms. The second kappa shape index (κ2) is 6.55. The van der Waals surface area contributed by atoms with Crippen LogP contribution in [0.3, 0.4) is 0 Å². The van der Waals surface area contributed by atoms with E-state index in [0.717, 1.165) is 12.6 Å². The van der Waals surface area contributed by atoms with E-state index >= 15 is 0 Å². The number of carbonyl (C=O) groups excluding carboxylic acids is 1. The van der Waals surface area contributed by atoms with Crippen LogP contribution in [0.15, 0.2) is 24.3 Å². The Morgan fingerprint density at radius 3 is 2.10 bits per heavy atom. The lowest BCUT2D eigenvalue weighted by Gasteiger charge is -2.03. The molecule has 112 valence electrons. The molecule has 1 aromatic rings. The number of hydrogen-bond donors (Lipinski definition) is 0. The Balaban J connectivity index is 0.000000262. The van der Waals surface area contributed by atoms with E-state index in [9.17, 15) is 29.4 Å². The molecule has 1 aromatic carbocycles. The number of likely N-dealkylation sites (N-methyl/N-ethyl adjacent to an activating group) is 1. The molecule has 1 amide bonds. The normalized spacial score (nSPS) is 12.9. The van der Waals surface area contributed by atoms with Crippen molar-refractivity contribution in [3.05, 3.63) is 55.9 Å². The summed E-state index contributed by atoms with van der Waals surface area (Å²) < 4.78 is 12.9. The number of carbonyl (C=O) groups is 1. The molecule has 0 saturated carbocycles. The highest BCUT2D eigenvalue weighted by molar-refractivity contribution is 5.89. The van der Waals surface area contributed by atoms with Crippen LogP contribution in [0.25, 0.3) is 0 Å². The molecule has 0 atom stereocenters. The molecule has 0 spiro atoms. The molecule has 1 aliphatic rings. The molecule has 1 aliphatic heterocycles. The summed E-state index contributed by atoms with van der Waals surface area (Å²) in [5, 5.41) is 20.6. The summed E-state index contributed by atoms with van der Waals surface area (Å²) in [6.45, 7) is 2.09. The van der Waals surface area contributed by atoms with Crippen molar-refractivity contribution in [1.82, 2.24) is 4.90 Å². The van der Waals surface area contributed by atoms with Crippen molar-refractivity contribution in [2.45, 2.75) is 6.92 Å². The molecule has 0 fully saturated rings. The van der Waals surface area contributed by atoms with E-state index in [2.05, 4.69) is 0 Å². The van der Waals surface area contributed by atoms with Gasteiger partial charge in [0.05, 0.1) is 15.9 Å². The number of halogens is 1. The summed E-state index contributed by atoms with van der Waals surface area (Å²) in [7, 11) is 1.78. The summed E-state index contributed by atoms with van der Waals surface area (Å²) >= 11 is 0. The fraction of sp³-hybridized carbons (Fsp3) is 0.250. The fourth-order valence-corrected chi connectivity index (χ4v) is 1.52. The van der Waals surface area contributed by atoms with Crippen LogP contribution >= 0.6 is 0 Å². The first-order valence-electron chi connectivity index (χ1n) is 5.74. The van der Waals surface area contributed by atoms with Crippen LogP contribution < -0.4 is 0 Å². The molecule has 0 unspecified atom stereocenters. The third kappa shape index (κ3) is 4.06. The molecule has 8 nitrogen and oxygen atoms in total. The van der Waals surface area contributed by atoms with Gasteiger partial charge in [0.1, 0.15) is 0 Å². The quantitative estimate of drug-likeness (QED) is 0.612. The van der Waals surface area contributed by atoms with Crippen molar-refractivity contribution in [1.29, 1.82) is 0 Å². The molecule has 0 radical (unpaired) electrons. The second-order valence-electron chi connectivity index (χ2n) is 4.23. The average molecular weight is 297 g/mol. The summed E-state index contributed by atoms with van der Waals surface area (Å²) in [6, 6.07) is 1.39. The number of amides is 1. The van der Waals surface area contributed by atoms with Gasteiger partial charge in [0.15, 0.2) is 0 Å². The highest BCUT2D eigenvalue weighted by Gasteiger charge is 2.22. The fourth-order valence-electron chi connectivity index (χ4n) is 1.52. The zero-order valence-corrected chi connectivity index (χ0v) is 11.3. The number of aryl methyl sites for hydroxylation is 1. The Kier molecular flexibility index (Phi) is 5.06. The van der Waals surface area contributed by atoms with Crippen LogP contribution in [-0.4, -0.2) is 34.2 Å². The van der Waals surface area contributed by atoms with Gasteiger partial charge >= 0.3 is 5.69 Å². The maximum absolute atomic E-state index is 12.9. The van der Waals surface area contributed by atoms with Crippen molar-refractivity contribution in [2.24, 2.45) is 0 Å². The molecular formula is C12H12FN3O5. The number of nitro benzene ring substituents is 2. The third-order valence-corrected chi connectivity index (χ3v) is 2.67. The van der Waals surface area contributed by atoms with Gasteiger partial charge in [0.25, 0.3) is 5.69 Å². The van der Waals surface area contributed by atoms with Gasteiger partial charge in [-0.3, -0.25) is 25.0 Å². The highest BCUT2D eigenvalue weighted by atomic mass is 19.1. The number of rotatable bonds is 2. The van der Waals surface area contributed by atoms with Crippen molar-refractivity contribution in [3.8, 4) is 0 Å². The standard InChI is InChI=1S/C7H5FN2O4.C5H7NO/c1-4-2-5(8)7(10(13)14)3-6(4)9(11)12;1-6-4-2-3-5(6)7/h2-3H,1H3;2-3H,4H2,1H3. The monoisotopic (exact) mass is 297 g/mol. The lowest BCUT2D eigenvalue weighted by Crippen LogP contribution is -2.18. The molecule has 0 saturated heterocycles. The predicted octanol–water partition coefficient (Wildman–Crippen LogP) is 1.97. The molecule has 1 heterocycles. The van der Waals surface area contributed by atoms with Gasteiger partial charge in [0, 0.05) is 25.2 Å². The van der Waals surface area contributed by atoms with Crippen LogP contribution in [0, 0.1) is 33.0 Å². The second-order valence-corrected chi connectivity index (χ2v) is 4.23. The first kappa shape index (κ1) is 16.2.